The zero-order chi connectivity index (χ0) is 13.1. The average molecular weight is 250 g/mol. The second-order valence-corrected chi connectivity index (χ2v) is 5.55. The zero-order valence-corrected chi connectivity index (χ0v) is 11.3. The topological polar surface area (TPSA) is 29.3 Å². The summed E-state index contributed by atoms with van der Waals surface area (Å²) >= 11 is 0. The summed E-state index contributed by atoms with van der Waals surface area (Å²) in [5.74, 6) is 0.520. The molecule has 1 aromatic rings. The van der Waals surface area contributed by atoms with Crippen LogP contribution < -0.4 is 5.73 Å². The lowest BCUT2D eigenvalue weighted by atomic mass is 10.0. The maximum absolute atomic E-state index is 13.9. The van der Waals surface area contributed by atoms with Crippen LogP contribution in [0.3, 0.4) is 0 Å². The van der Waals surface area contributed by atoms with Gasteiger partial charge in [-0.2, -0.15) is 0 Å². The van der Waals surface area contributed by atoms with Crippen molar-refractivity contribution in [3.63, 3.8) is 0 Å². The molecule has 18 heavy (non-hydrogen) atoms. The van der Waals surface area contributed by atoms with Gasteiger partial charge in [-0.05, 0) is 36.9 Å². The molecule has 0 aromatic heterocycles. The van der Waals surface area contributed by atoms with E-state index in [2.05, 4.69) is 18.7 Å². The van der Waals surface area contributed by atoms with Crippen molar-refractivity contribution in [1.82, 2.24) is 4.90 Å². The molecule has 1 atom stereocenters. The van der Waals surface area contributed by atoms with Gasteiger partial charge < -0.3 is 5.73 Å². The van der Waals surface area contributed by atoms with Gasteiger partial charge in [0.15, 0.2) is 0 Å². The monoisotopic (exact) mass is 250 g/mol. The first-order chi connectivity index (χ1) is 8.61. The van der Waals surface area contributed by atoms with Crippen molar-refractivity contribution >= 4 is 0 Å². The van der Waals surface area contributed by atoms with Gasteiger partial charge >= 0.3 is 0 Å². The number of halogens is 1. The van der Waals surface area contributed by atoms with Crippen LogP contribution in [0.25, 0.3) is 0 Å². The summed E-state index contributed by atoms with van der Waals surface area (Å²) in [5, 5.41) is 0. The van der Waals surface area contributed by atoms with Gasteiger partial charge in [-0.3, -0.25) is 4.90 Å². The van der Waals surface area contributed by atoms with Gasteiger partial charge in [0.2, 0.25) is 0 Å². The third-order valence-corrected chi connectivity index (χ3v) is 3.91. The fourth-order valence-electron chi connectivity index (χ4n) is 2.87. The molecule has 100 valence electrons. The van der Waals surface area contributed by atoms with Gasteiger partial charge in [-0.15, -0.1) is 0 Å². The molecule has 0 bridgehead atoms. The van der Waals surface area contributed by atoms with Crippen LogP contribution in [0.1, 0.15) is 37.8 Å². The van der Waals surface area contributed by atoms with E-state index in [1.165, 1.54) is 12.8 Å². The Hall–Kier alpha value is -0.930. The molecule has 0 saturated carbocycles. The third kappa shape index (κ3) is 2.90. The van der Waals surface area contributed by atoms with E-state index in [9.17, 15) is 4.39 Å². The zero-order valence-electron chi connectivity index (χ0n) is 11.3. The number of rotatable bonds is 4. The Morgan fingerprint density at radius 2 is 2.22 bits per heavy atom. The molecule has 0 aliphatic carbocycles. The Balaban J connectivity index is 2.09. The minimum absolute atomic E-state index is 0.118. The standard InChI is InChI=1S/C15H23FN2/c1-11(2)15-4-3-7-18(15)10-13-6-5-12(9-17)8-14(13)16/h5-6,8,11,15H,3-4,7,9-10,17H2,1-2H3. The second-order valence-electron chi connectivity index (χ2n) is 5.55. The highest BCUT2D eigenvalue weighted by molar-refractivity contribution is 5.24. The Bertz CT molecular complexity index is 403. The smallest absolute Gasteiger partial charge is 0.128 e. The van der Waals surface area contributed by atoms with E-state index in [0.717, 1.165) is 24.2 Å². The van der Waals surface area contributed by atoms with Crippen LogP contribution in [0.4, 0.5) is 4.39 Å². The Kier molecular flexibility index (Phi) is 4.36. The number of benzene rings is 1. The molecule has 1 unspecified atom stereocenters. The lowest BCUT2D eigenvalue weighted by Gasteiger charge is -2.27. The third-order valence-electron chi connectivity index (χ3n) is 3.91. The van der Waals surface area contributed by atoms with Crippen molar-refractivity contribution in [2.45, 2.75) is 45.8 Å². The maximum atomic E-state index is 13.9. The van der Waals surface area contributed by atoms with E-state index in [-0.39, 0.29) is 5.82 Å². The molecular weight excluding hydrogens is 227 g/mol. The summed E-state index contributed by atoms with van der Waals surface area (Å²) in [6.45, 7) is 6.70. The number of nitrogens with zero attached hydrogens (tertiary/aromatic N) is 1. The molecule has 1 aromatic carbocycles. The largest absolute Gasteiger partial charge is 0.326 e. The highest BCUT2D eigenvalue weighted by Gasteiger charge is 2.27. The molecular formula is C15H23FN2. The molecule has 2 rings (SSSR count). The first-order valence-electron chi connectivity index (χ1n) is 6.83. The first-order valence-corrected chi connectivity index (χ1v) is 6.83. The molecule has 2 nitrogen and oxygen atoms in total. The van der Waals surface area contributed by atoms with E-state index in [4.69, 9.17) is 5.73 Å². The predicted molar refractivity (Wildman–Crippen MR) is 72.6 cm³/mol. The van der Waals surface area contributed by atoms with Crippen LogP contribution in [-0.2, 0) is 13.1 Å². The molecule has 1 saturated heterocycles. The van der Waals surface area contributed by atoms with Crippen LogP contribution in [0.2, 0.25) is 0 Å². The van der Waals surface area contributed by atoms with Crippen molar-refractivity contribution in [3.05, 3.63) is 35.1 Å². The number of hydrogen-bond acceptors (Lipinski definition) is 2. The van der Waals surface area contributed by atoms with Gasteiger partial charge in [-0.1, -0.05) is 26.0 Å². The summed E-state index contributed by atoms with van der Waals surface area (Å²) in [6.07, 6.45) is 2.46. The molecule has 0 amide bonds. The van der Waals surface area contributed by atoms with Crippen molar-refractivity contribution in [3.8, 4) is 0 Å². The van der Waals surface area contributed by atoms with Gasteiger partial charge in [0.25, 0.3) is 0 Å². The summed E-state index contributed by atoms with van der Waals surface area (Å²) in [4.78, 5) is 2.41. The Morgan fingerprint density at radius 3 is 2.83 bits per heavy atom. The molecule has 1 fully saturated rings. The number of hydrogen-bond donors (Lipinski definition) is 1. The average Bonchev–Trinajstić information content (AvgIpc) is 2.80. The van der Waals surface area contributed by atoms with Gasteiger partial charge in [0.05, 0.1) is 0 Å². The van der Waals surface area contributed by atoms with Crippen molar-refractivity contribution < 1.29 is 4.39 Å². The van der Waals surface area contributed by atoms with E-state index in [0.29, 0.717) is 18.5 Å². The molecule has 0 radical (unpaired) electrons. The number of likely N-dealkylation sites (tertiary alicyclic amines) is 1. The van der Waals surface area contributed by atoms with Crippen LogP contribution in [-0.4, -0.2) is 17.5 Å². The lowest BCUT2D eigenvalue weighted by Crippen LogP contribution is -2.33. The fourth-order valence-corrected chi connectivity index (χ4v) is 2.87. The highest BCUT2D eigenvalue weighted by atomic mass is 19.1. The van der Waals surface area contributed by atoms with Gasteiger partial charge in [-0.25, -0.2) is 4.39 Å². The summed E-state index contributed by atoms with van der Waals surface area (Å²) < 4.78 is 13.9. The maximum Gasteiger partial charge on any atom is 0.128 e. The van der Waals surface area contributed by atoms with E-state index in [1.807, 2.05) is 12.1 Å². The summed E-state index contributed by atoms with van der Waals surface area (Å²) in [6, 6.07) is 5.97. The molecule has 1 aliphatic rings. The van der Waals surface area contributed by atoms with Crippen molar-refractivity contribution in [1.29, 1.82) is 0 Å². The molecule has 0 spiro atoms. The molecule has 3 heteroatoms. The highest BCUT2D eigenvalue weighted by Crippen LogP contribution is 2.26. The minimum atomic E-state index is -0.118. The first kappa shape index (κ1) is 13.5. The second kappa shape index (κ2) is 5.81. The van der Waals surface area contributed by atoms with Crippen LogP contribution in [0.5, 0.6) is 0 Å². The van der Waals surface area contributed by atoms with Crippen molar-refractivity contribution in [2.75, 3.05) is 6.54 Å². The molecule has 1 heterocycles. The molecule has 1 aliphatic heterocycles. The minimum Gasteiger partial charge on any atom is -0.326 e. The predicted octanol–water partition coefficient (Wildman–Crippen LogP) is 2.90. The fraction of sp³-hybridized carbons (Fsp3) is 0.600. The summed E-state index contributed by atoms with van der Waals surface area (Å²) in [7, 11) is 0. The van der Waals surface area contributed by atoms with E-state index in [1.54, 1.807) is 6.07 Å². The van der Waals surface area contributed by atoms with Crippen LogP contribution in [0.15, 0.2) is 18.2 Å². The van der Waals surface area contributed by atoms with E-state index >= 15 is 0 Å². The molecule has 2 N–H and O–H groups in total. The lowest BCUT2D eigenvalue weighted by molar-refractivity contribution is 0.196. The van der Waals surface area contributed by atoms with Gasteiger partial charge in [0.1, 0.15) is 5.82 Å². The van der Waals surface area contributed by atoms with Gasteiger partial charge in [0, 0.05) is 24.7 Å². The Labute approximate surface area is 109 Å². The Morgan fingerprint density at radius 1 is 1.44 bits per heavy atom. The summed E-state index contributed by atoms with van der Waals surface area (Å²) in [5.41, 5.74) is 7.17. The van der Waals surface area contributed by atoms with E-state index < -0.39 is 0 Å². The number of nitrogens with two attached hydrogens (primary N) is 1. The quantitative estimate of drug-likeness (QED) is 0.890. The van der Waals surface area contributed by atoms with Crippen LogP contribution >= 0.6 is 0 Å². The normalized spacial score (nSPS) is 20.8. The SMILES string of the molecule is CC(C)C1CCCN1Cc1ccc(CN)cc1F. The van der Waals surface area contributed by atoms with Crippen molar-refractivity contribution in [2.24, 2.45) is 11.7 Å². The van der Waals surface area contributed by atoms with Crippen LogP contribution in [0, 0.1) is 11.7 Å².